The molecule has 2 fully saturated rings. The second-order valence-electron chi connectivity index (χ2n) is 15.2. The highest BCUT2D eigenvalue weighted by molar-refractivity contribution is 6.76. The molecule has 304 valence electrons. The van der Waals surface area contributed by atoms with Gasteiger partial charge in [-0.1, -0.05) is 97.9 Å². The average molecular weight is 827 g/mol. The molecular weight excluding hydrogens is 768 g/mol. The number of rotatable bonds is 16. The highest BCUT2D eigenvalue weighted by Crippen LogP contribution is 2.38. The monoisotopic (exact) mass is 825 g/mol. The quantitative estimate of drug-likeness (QED) is 0.115. The van der Waals surface area contributed by atoms with E-state index in [1.165, 1.54) is 82.5 Å². The van der Waals surface area contributed by atoms with E-state index in [0.717, 1.165) is 55.8 Å². The Morgan fingerprint density at radius 3 is 1.79 bits per heavy atom. The molecule has 1 unspecified atom stereocenters. The van der Waals surface area contributed by atoms with Gasteiger partial charge in [0.05, 0.1) is 5.54 Å². The average Bonchev–Trinajstić information content (AvgIpc) is 3.21. The van der Waals surface area contributed by atoms with Crippen LogP contribution in [0.15, 0.2) is 90.5 Å². The molecule has 0 aromatic heterocycles. The predicted molar refractivity (Wildman–Crippen MR) is 232 cm³/mol. The van der Waals surface area contributed by atoms with Crippen molar-refractivity contribution in [3.63, 3.8) is 0 Å². The molecule has 1 atom stereocenters. The third-order valence-electron chi connectivity index (χ3n) is 10.9. The molecular formula is C45H59Cl3FN5O2. The lowest BCUT2D eigenvalue weighted by Crippen LogP contribution is -2.57. The number of nitrogens with one attached hydrogen (secondary N) is 1. The first-order valence-electron chi connectivity index (χ1n) is 20.6. The number of anilines is 2. The zero-order valence-corrected chi connectivity index (χ0v) is 35.4. The normalized spacial score (nSPS) is 18.9. The maximum atomic E-state index is 14.1. The fourth-order valence-electron chi connectivity index (χ4n) is 8.14. The minimum Gasteiger partial charge on any atom is -0.371 e. The van der Waals surface area contributed by atoms with Gasteiger partial charge in [-0.05, 0) is 150 Å². The fourth-order valence-corrected chi connectivity index (χ4v) is 8.28. The lowest BCUT2D eigenvalue weighted by molar-refractivity contribution is -0.121. The molecule has 2 heterocycles. The van der Waals surface area contributed by atoms with Crippen molar-refractivity contribution in [1.82, 2.24) is 15.1 Å². The number of hydrogen-bond acceptors (Lipinski definition) is 5. The van der Waals surface area contributed by atoms with Crippen LogP contribution in [-0.2, 0) is 11.2 Å². The standard InChI is InChI=1S/C43H53Cl3FN5O2.C2H6/c44-43(45,46)41(54)48-42(30-34-14-16-37(47)17-15-34)31-35(32-42)33-52(40(53)36-12-4-1-5-13-36)39-20-18-38(19-21-39)51(28-10-26-49-22-6-2-7-23-49)29-11-27-50-24-8-3-9-25-50;1-2/h1,4-5,12-21,31H,2-3,6-11,22-30,32-33H2,(H,48,54);1-2H3. The van der Waals surface area contributed by atoms with Crippen LogP contribution >= 0.6 is 34.8 Å². The SMILES string of the molecule is CC.O=C(c1ccccc1)N(CC1=CC(Cc2ccc(F)cc2)(NC(=O)C(Cl)(Cl)Cl)C1)c1ccc(N(CCCN2CCCCC2)CCCN2CCCCC2)cc1. The zero-order chi connectivity index (χ0) is 40.0. The molecule has 7 nitrogen and oxygen atoms in total. The van der Waals surface area contributed by atoms with Gasteiger partial charge in [0.1, 0.15) is 5.82 Å². The predicted octanol–water partition coefficient (Wildman–Crippen LogP) is 9.86. The highest BCUT2D eigenvalue weighted by atomic mass is 35.6. The van der Waals surface area contributed by atoms with E-state index in [4.69, 9.17) is 34.8 Å². The van der Waals surface area contributed by atoms with E-state index in [-0.39, 0.29) is 11.7 Å². The molecule has 0 bridgehead atoms. The Balaban J connectivity index is 0.00000295. The third kappa shape index (κ3) is 12.9. The van der Waals surface area contributed by atoms with Gasteiger partial charge in [-0.2, -0.15) is 0 Å². The molecule has 2 amide bonds. The summed E-state index contributed by atoms with van der Waals surface area (Å²) in [5.41, 5.74) is 3.45. The number of piperidine rings is 2. The maximum Gasteiger partial charge on any atom is 0.272 e. The molecule has 2 aliphatic heterocycles. The summed E-state index contributed by atoms with van der Waals surface area (Å²) in [5.74, 6) is -1.21. The number of nitrogens with zero attached hydrogens (tertiary/aromatic N) is 4. The van der Waals surface area contributed by atoms with Gasteiger partial charge in [-0.15, -0.1) is 0 Å². The van der Waals surface area contributed by atoms with Gasteiger partial charge in [0, 0.05) is 36.6 Å². The van der Waals surface area contributed by atoms with Crippen LogP contribution in [0.3, 0.4) is 0 Å². The van der Waals surface area contributed by atoms with Crippen molar-refractivity contribution in [2.45, 2.75) is 87.4 Å². The first kappa shape index (κ1) is 44.0. The van der Waals surface area contributed by atoms with Crippen molar-refractivity contribution >= 4 is 58.0 Å². The molecule has 2 saturated heterocycles. The smallest absolute Gasteiger partial charge is 0.272 e. The second kappa shape index (κ2) is 21.6. The summed E-state index contributed by atoms with van der Waals surface area (Å²) in [6, 6.07) is 23.8. The van der Waals surface area contributed by atoms with Crippen molar-refractivity contribution in [1.29, 1.82) is 0 Å². The van der Waals surface area contributed by atoms with Gasteiger partial charge in [0.2, 0.25) is 0 Å². The molecule has 1 aliphatic carbocycles. The van der Waals surface area contributed by atoms with Crippen LogP contribution in [0.1, 0.15) is 87.6 Å². The van der Waals surface area contributed by atoms with Crippen molar-refractivity contribution in [2.75, 3.05) is 68.7 Å². The fraction of sp³-hybridized carbons (Fsp3) is 0.511. The molecule has 6 rings (SSSR count). The lowest BCUT2D eigenvalue weighted by Gasteiger charge is -2.43. The van der Waals surface area contributed by atoms with Crippen LogP contribution in [0.25, 0.3) is 0 Å². The van der Waals surface area contributed by atoms with Crippen molar-refractivity contribution in [2.24, 2.45) is 0 Å². The Bertz CT molecular complexity index is 1670. The van der Waals surface area contributed by atoms with Crippen LogP contribution in [0.2, 0.25) is 0 Å². The van der Waals surface area contributed by atoms with E-state index < -0.39 is 15.2 Å². The van der Waals surface area contributed by atoms with Crippen molar-refractivity contribution in [3.05, 3.63) is 107 Å². The first-order chi connectivity index (χ1) is 27.1. The van der Waals surface area contributed by atoms with Gasteiger partial charge in [-0.25, -0.2) is 4.39 Å². The van der Waals surface area contributed by atoms with E-state index in [1.54, 1.807) is 17.0 Å². The lowest BCUT2D eigenvalue weighted by atomic mass is 9.74. The molecule has 0 spiro atoms. The van der Waals surface area contributed by atoms with E-state index in [2.05, 4.69) is 32.1 Å². The molecule has 1 N–H and O–H groups in total. The van der Waals surface area contributed by atoms with Crippen LogP contribution < -0.4 is 15.1 Å². The topological polar surface area (TPSA) is 59.1 Å². The highest BCUT2D eigenvalue weighted by Gasteiger charge is 2.43. The van der Waals surface area contributed by atoms with E-state index >= 15 is 0 Å². The maximum absolute atomic E-state index is 14.1. The van der Waals surface area contributed by atoms with Gasteiger partial charge >= 0.3 is 0 Å². The number of carbonyl (C=O) groups is 2. The second-order valence-corrected chi connectivity index (χ2v) is 17.4. The Kier molecular flexibility index (Phi) is 16.9. The third-order valence-corrected chi connectivity index (χ3v) is 11.4. The summed E-state index contributed by atoms with van der Waals surface area (Å²) in [7, 11) is 0. The van der Waals surface area contributed by atoms with Gasteiger partial charge < -0.3 is 24.9 Å². The number of carbonyl (C=O) groups excluding carboxylic acids is 2. The van der Waals surface area contributed by atoms with Crippen LogP contribution in [-0.4, -0.2) is 89.8 Å². The largest absolute Gasteiger partial charge is 0.371 e. The van der Waals surface area contributed by atoms with Crippen LogP contribution in [0.5, 0.6) is 0 Å². The van der Waals surface area contributed by atoms with Gasteiger partial charge in [0.25, 0.3) is 15.6 Å². The molecule has 3 aromatic carbocycles. The molecule has 0 radical (unpaired) electrons. The van der Waals surface area contributed by atoms with Gasteiger partial charge in [-0.3, -0.25) is 9.59 Å². The molecule has 3 aliphatic rings. The van der Waals surface area contributed by atoms with E-state index in [1.807, 2.05) is 62.4 Å². The van der Waals surface area contributed by atoms with E-state index in [9.17, 15) is 14.0 Å². The summed E-state index contributed by atoms with van der Waals surface area (Å²) in [4.78, 5) is 36.5. The number of alkyl halides is 3. The number of likely N-dealkylation sites (tertiary alicyclic amines) is 2. The number of amides is 2. The Hall–Kier alpha value is -3.14. The Labute approximate surface area is 349 Å². The zero-order valence-electron chi connectivity index (χ0n) is 33.1. The number of halogens is 4. The minimum absolute atomic E-state index is 0.120. The summed E-state index contributed by atoms with van der Waals surface area (Å²) < 4.78 is 11.6. The molecule has 0 saturated carbocycles. The van der Waals surface area contributed by atoms with Crippen LogP contribution in [0, 0.1) is 5.82 Å². The summed E-state index contributed by atoms with van der Waals surface area (Å²) >= 11 is 17.9. The van der Waals surface area contributed by atoms with Gasteiger partial charge in [0.15, 0.2) is 0 Å². The summed E-state index contributed by atoms with van der Waals surface area (Å²) in [5, 5.41) is 2.91. The van der Waals surface area contributed by atoms with E-state index in [0.29, 0.717) is 24.9 Å². The van der Waals surface area contributed by atoms with Crippen molar-refractivity contribution < 1.29 is 14.0 Å². The minimum atomic E-state index is -2.15. The molecule has 11 heteroatoms. The Morgan fingerprint density at radius 1 is 0.750 bits per heavy atom. The number of hydrogen-bond donors (Lipinski definition) is 1. The molecule has 3 aromatic rings. The Morgan fingerprint density at radius 2 is 1.27 bits per heavy atom. The van der Waals surface area contributed by atoms with Crippen LogP contribution in [0.4, 0.5) is 15.8 Å². The summed E-state index contributed by atoms with van der Waals surface area (Å²) in [6.45, 7) is 13.4. The summed E-state index contributed by atoms with van der Waals surface area (Å²) in [6.07, 6.45) is 12.9. The van der Waals surface area contributed by atoms with Crippen molar-refractivity contribution in [3.8, 4) is 0 Å². The first-order valence-corrected chi connectivity index (χ1v) is 21.7. The number of benzene rings is 3. The molecule has 56 heavy (non-hydrogen) atoms.